The Labute approximate surface area is 122 Å². The molecule has 108 valence electrons. The van der Waals surface area contributed by atoms with E-state index in [1.54, 1.807) is 22.4 Å². The van der Waals surface area contributed by atoms with E-state index in [9.17, 15) is 4.79 Å². The van der Waals surface area contributed by atoms with Crippen LogP contribution in [0.25, 0.3) is 10.9 Å². The Morgan fingerprint density at radius 3 is 2.85 bits per heavy atom. The summed E-state index contributed by atoms with van der Waals surface area (Å²) in [6.45, 7) is 2.74. The fraction of sp³-hybridized carbons (Fsp3) is 0.467. The summed E-state index contributed by atoms with van der Waals surface area (Å²) >= 11 is 1.62. The lowest BCUT2D eigenvalue weighted by Crippen LogP contribution is -2.24. The van der Waals surface area contributed by atoms with Gasteiger partial charge in [0.25, 0.3) is 5.56 Å². The maximum atomic E-state index is 12.5. The minimum atomic E-state index is -0.0111. The van der Waals surface area contributed by atoms with Gasteiger partial charge in [-0.25, -0.2) is 4.98 Å². The molecule has 0 saturated carbocycles. The first-order chi connectivity index (χ1) is 9.77. The summed E-state index contributed by atoms with van der Waals surface area (Å²) < 4.78 is 1.69. The minimum Gasteiger partial charge on any atom is -0.396 e. The van der Waals surface area contributed by atoms with Crippen molar-refractivity contribution in [1.29, 1.82) is 0 Å². The van der Waals surface area contributed by atoms with Gasteiger partial charge >= 0.3 is 0 Å². The van der Waals surface area contributed by atoms with Gasteiger partial charge in [0, 0.05) is 18.9 Å². The molecule has 0 bridgehead atoms. The summed E-state index contributed by atoms with van der Waals surface area (Å²) in [5.41, 5.74) is 0.736. The van der Waals surface area contributed by atoms with Gasteiger partial charge in [-0.1, -0.05) is 37.2 Å². The standard InChI is InChI=1S/C15H20N2O2S/c1-2-3-11-20-15-16-13-8-5-4-7-12(13)14(19)17(15)9-6-10-18/h4-5,7-8,18H,2-3,6,9-11H2,1H3. The predicted octanol–water partition coefficient (Wildman–Crippen LogP) is 2.67. The molecule has 0 aliphatic carbocycles. The van der Waals surface area contributed by atoms with Crippen LogP contribution in [0.2, 0.25) is 0 Å². The molecule has 5 heteroatoms. The minimum absolute atomic E-state index is 0.0111. The molecule has 20 heavy (non-hydrogen) atoms. The van der Waals surface area contributed by atoms with Crippen LogP contribution in [0.5, 0.6) is 0 Å². The third-order valence-electron chi connectivity index (χ3n) is 3.10. The van der Waals surface area contributed by atoms with Crippen LogP contribution in [-0.4, -0.2) is 27.0 Å². The quantitative estimate of drug-likeness (QED) is 0.484. The van der Waals surface area contributed by atoms with Crippen molar-refractivity contribution < 1.29 is 5.11 Å². The zero-order valence-electron chi connectivity index (χ0n) is 11.7. The summed E-state index contributed by atoms with van der Waals surface area (Å²) in [7, 11) is 0. The molecule has 1 N–H and O–H groups in total. The summed E-state index contributed by atoms with van der Waals surface area (Å²) in [6, 6.07) is 7.43. The summed E-state index contributed by atoms with van der Waals surface area (Å²) in [6.07, 6.45) is 2.80. The number of aliphatic hydroxyl groups is 1. The second-order valence-electron chi connectivity index (χ2n) is 4.65. The zero-order chi connectivity index (χ0) is 14.4. The van der Waals surface area contributed by atoms with E-state index >= 15 is 0 Å². The molecular formula is C15H20N2O2S. The van der Waals surface area contributed by atoms with Crippen LogP contribution in [0.4, 0.5) is 0 Å². The van der Waals surface area contributed by atoms with E-state index in [4.69, 9.17) is 5.11 Å². The average Bonchev–Trinajstić information content (AvgIpc) is 2.47. The maximum Gasteiger partial charge on any atom is 0.262 e. The monoisotopic (exact) mass is 292 g/mol. The lowest BCUT2D eigenvalue weighted by molar-refractivity contribution is 0.276. The Bertz CT molecular complexity index is 625. The highest BCUT2D eigenvalue weighted by Gasteiger charge is 2.10. The molecule has 2 aromatic rings. The molecular weight excluding hydrogens is 272 g/mol. The molecule has 1 aromatic heterocycles. The van der Waals surface area contributed by atoms with E-state index in [-0.39, 0.29) is 12.2 Å². The van der Waals surface area contributed by atoms with Gasteiger partial charge in [0.2, 0.25) is 0 Å². The fourth-order valence-electron chi connectivity index (χ4n) is 1.99. The Morgan fingerprint density at radius 2 is 2.10 bits per heavy atom. The molecule has 0 amide bonds. The van der Waals surface area contributed by atoms with E-state index in [0.29, 0.717) is 18.4 Å². The van der Waals surface area contributed by atoms with Crippen LogP contribution >= 0.6 is 11.8 Å². The van der Waals surface area contributed by atoms with Gasteiger partial charge < -0.3 is 5.11 Å². The lowest BCUT2D eigenvalue weighted by Gasteiger charge is -2.12. The zero-order valence-corrected chi connectivity index (χ0v) is 12.5. The molecule has 0 spiro atoms. The van der Waals surface area contributed by atoms with Crippen LogP contribution in [0, 0.1) is 0 Å². The summed E-state index contributed by atoms with van der Waals surface area (Å²) in [5.74, 6) is 0.959. The van der Waals surface area contributed by atoms with Crippen LogP contribution in [-0.2, 0) is 6.54 Å². The highest BCUT2D eigenvalue weighted by molar-refractivity contribution is 7.99. The number of para-hydroxylation sites is 1. The molecule has 0 unspecified atom stereocenters. The van der Waals surface area contributed by atoms with E-state index < -0.39 is 0 Å². The largest absolute Gasteiger partial charge is 0.396 e. The van der Waals surface area contributed by atoms with Crippen LogP contribution in [0.1, 0.15) is 26.2 Å². The van der Waals surface area contributed by atoms with Crippen molar-refractivity contribution in [3.05, 3.63) is 34.6 Å². The number of nitrogens with zero attached hydrogens (tertiary/aromatic N) is 2. The smallest absolute Gasteiger partial charge is 0.262 e. The number of hydrogen-bond acceptors (Lipinski definition) is 4. The van der Waals surface area contributed by atoms with Gasteiger partial charge in [-0.3, -0.25) is 9.36 Å². The molecule has 0 aliphatic heterocycles. The summed E-state index contributed by atoms with van der Waals surface area (Å²) in [5, 5.41) is 10.4. The van der Waals surface area contributed by atoms with Crippen LogP contribution < -0.4 is 5.56 Å². The van der Waals surface area contributed by atoms with Crippen molar-refractivity contribution in [3.63, 3.8) is 0 Å². The van der Waals surface area contributed by atoms with Crippen molar-refractivity contribution in [2.45, 2.75) is 37.9 Å². The Morgan fingerprint density at radius 1 is 1.30 bits per heavy atom. The number of unbranched alkanes of at least 4 members (excludes halogenated alkanes) is 1. The van der Waals surface area contributed by atoms with Crippen molar-refractivity contribution in [2.24, 2.45) is 0 Å². The van der Waals surface area contributed by atoms with Crippen LogP contribution in [0.15, 0.2) is 34.2 Å². The third kappa shape index (κ3) is 3.41. The van der Waals surface area contributed by atoms with Crippen molar-refractivity contribution >= 4 is 22.7 Å². The molecule has 0 atom stereocenters. The third-order valence-corrected chi connectivity index (χ3v) is 4.16. The predicted molar refractivity (Wildman–Crippen MR) is 83.3 cm³/mol. The maximum absolute atomic E-state index is 12.5. The number of aliphatic hydroxyl groups excluding tert-OH is 1. The normalized spacial score (nSPS) is 11.1. The lowest BCUT2D eigenvalue weighted by atomic mass is 10.2. The Balaban J connectivity index is 2.43. The molecule has 4 nitrogen and oxygen atoms in total. The van der Waals surface area contributed by atoms with Gasteiger partial charge in [-0.2, -0.15) is 0 Å². The number of benzene rings is 1. The molecule has 2 rings (SSSR count). The number of rotatable bonds is 7. The Hall–Kier alpha value is -1.33. The van der Waals surface area contributed by atoms with Gasteiger partial charge in [-0.05, 0) is 25.0 Å². The van der Waals surface area contributed by atoms with Gasteiger partial charge in [0.05, 0.1) is 10.9 Å². The van der Waals surface area contributed by atoms with Gasteiger partial charge in [0.1, 0.15) is 0 Å². The average molecular weight is 292 g/mol. The van der Waals surface area contributed by atoms with E-state index in [0.717, 1.165) is 29.3 Å². The number of aromatic nitrogens is 2. The molecule has 0 fully saturated rings. The topological polar surface area (TPSA) is 55.1 Å². The first-order valence-corrected chi connectivity index (χ1v) is 7.99. The second kappa shape index (κ2) is 7.45. The first kappa shape index (κ1) is 15.1. The number of hydrogen-bond donors (Lipinski definition) is 1. The molecule has 0 radical (unpaired) electrons. The first-order valence-electron chi connectivity index (χ1n) is 7.01. The van der Waals surface area contributed by atoms with E-state index in [1.807, 2.05) is 18.2 Å². The van der Waals surface area contributed by atoms with E-state index in [2.05, 4.69) is 11.9 Å². The molecule has 0 saturated heterocycles. The second-order valence-corrected chi connectivity index (χ2v) is 5.71. The molecule has 1 heterocycles. The number of thioether (sulfide) groups is 1. The molecule has 0 aliphatic rings. The van der Waals surface area contributed by atoms with Gasteiger partial charge in [0.15, 0.2) is 5.16 Å². The van der Waals surface area contributed by atoms with Crippen molar-refractivity contribution in [1.82, 2.24) is 9.55 Å². The van der Waals surface area contributed by atoms with Gasteiger partial charge in [-0.15, -0.1) is 0 Å². The Kier molecular flexibility index (Phi) is 5.61. The van der Waals surface area contributed by atoms with Crippen LogP contribution in [0.3, 0.4) is 0 Å². The molecule has 1 aromatic carbocycles. The summed E-state index contributed by atoms with van der Waals surface area (Å²) in [4.78, 5) is 17.1. The number of fused-ring (bicyclic) bond motifs is 1. The van der Waals surface area contributed by atoms with E-state index in [1.165, 1.54) is 0 Å². The van der Waals surface area contributed by atoms with Crippen molar-refractivity contribution in [3.8, 4) is 0 Å². The fourth-order valence-corrected chi connectivity index (χ4v) is 3.10. The highest BCUT2D eigenvalue weighted by Crippen LogP contribution is 2.19. The highest BCUT2D eigenvalue weighted by atomic mass is 32.2. The SMILES string of the molecule is CCCCSc1nc2ccccc2c(=O)n1CCCO. The van der Waals surface area contributed by atoms with Crippen molar-refractivity contribution in [2.75, 3.05) is 12.4 Å².